The number of rotatable bonds is 4. The molecule has 1 spiro atoms. The van der Waals surface area contributed by atoms with E-state index in [1.165, 1.54) is 9.80 Å². The van der Waals surface area contributed by atoms with Gasteiger partial charge in [0.05, 0.1) is 12.0 Å². The third-order valence-corrected chi connectivity index (χ3v) is 6.80. The predicted octanol–water partition coefficient (Wildman–Crippen LogP) is 2.71. The highest BCUT2D eigenvalue weighted by molar-refractivity contribution is 5.80. The van der Waals surface area contributed by atoms with Gasteiger partial charge in [0.1, 0.15) is 0 Å². The molecule has 0 aromatic carbocycles. The summed E-state index contributed by atoms with van der Waals surface area (Å²) in [5.74, 6) is -2.42. The molecule has 2 heterocycles. The molecule has 2 N–H and O–H groups in total. The molecular formula is C18H27F3N2O4. The van der Waals surface area contributed by atoms with Crippen molar-refractivity contribution in [2.24, 2.45) is 17.3 Å². The summed E-state index contributed by atoms with van der Waals surface area (Å²) >= 11 is 0. The third-order valence-electron chi connectivity index (χ3n) is 6.80. The van der Waals surface area contributed by atoms with E-state index in [1.807, 2.05) is 0 Å². The summed E-state index contributed by atoms with van der Waals surface area (Å²) in [7, 11) is 0. The van der Waals surface area contributed by atoms with Gasteiger partial charge in [0, 0.05) is 25.6 Å². The Kier molecular flexibility index (Phi) is 5.88. The molecule has 3 aliphatic rings. The molecule has 0 bridgehead atoms. The number of carbonyl (C=O) groups excluding carboxylic acids is 1. The molecule has 1 aliphatic carbocycles. The first kappa shape index (κ1) is 20.2. The Bertz CT molecular complexity index is 553. The van der Waals surface area contributed by atoms with Crippen LogP contribution in [0.25, 0.3) is 0 Å². The molecule has 0 aromatic heterocycles. The van der Waals surface area contributed by atoms with Crippen LogP contribution in [0.2, 0.25) is 0 Å². The topological polar surface area (TPSA) is 81.1 Å². The molecule has 0 aromatic rings. The third kappa shape index (κ3) is 3.75. The van der Waals surface area contributed by atoms with Crippen molar-refractivity contribution in [2.75, 3.05) is 19.6 Å². The van der Waals surface area contributed by atoms with Crippen LogP contribution < -0.4 is 0 Å². The van der Waals surface area contributed by atoms with E-state index >= 15 is 0 Å². The minimum absolute atomic E-state index is 0.162. The zero-order chi connectivity index (χ0) is 19.8. The van der Waals surface area contributed by atoms with Crippen molar-refractivity contribution in [1.82, 2.24) is 9.80 Å². The highest BCUT2D eigenvalue weighted by atomic mass is 19.3. The summed E-state index contributed by atoms with van der Waals surface area (Å²) in [5.41, 5.74) is -0.783. The van der Waals surface area contributed by atoms with Gasteiger partial charge >= 0.3 is 6.09 Å². The average molecular weight is 392 g/mol. The number of carbonyl (C=O) groups is 2. The lowest BCUT2D eigenvalue weighted by molar-refractivity contribution is -0.153. The van der Waals surface area contributed by atoms with Crippen LogP contribution in [0.4, 0.5) is 18.0 Å². The number of carboxylic acid groups (broad SMARTS) is 1. The van der Waals surface area contributed by atoms with Crippen LogP contribution in [0.5, 0.6) is 0 Å². The summed E-state index contributed by atoms with van der Waals surface area (Å²) in [6.07, 6.45) is -2.67. The fourth-order valence-electron chi connectivity index (χ4n) is 5.33. The number of aliphatic hydroxyl groups excluding tert-OH is 1. The van der Waals surface area contributed by atoms with Gasteiger partial charge in [0.2, 0.25) is 18.7 Å². The number of piperidine rings is 1. The monoisotopic (exact) mass is 392 g/mol. The van der Waals surface area contributed by atoms with E-state index in [0.717, 1.165) is 12.8 Å². The molecule has 27 heavy (non-hydrogen) atoms. The van der Waals surface area contributed by atoms with E-state index in [0.29, 0.717) is 19.3 Å². The number of halogens is 3. The van der Waals surface area contributed by atoms with Gasteiger partial charge in [-0.3, -0.25) is 4.79 Å². The number of hydrogen-bond donors (Lipinski definition) is 2. The number of nitrogens with zero attached hydrogens (tertiary/aromatic N) is 2. The van der Waals surface area contributed by atoms with Crippen molar-refractivity contribution in [3.63, 3.8) is 0 Å². The van der Waals surface area contributed by atoms with Gasteiger partial charge < -0.3 is 20.0 Å². The molecule has 154 valence electrons. The van der Waals surface area contributed by atoms with E-state index < -0.39 is 36.3 Å². The molecule has 0 radical (unpaired) electrons. The molecule has 2 amide bonds. The van der Waals surface area contributed by atoms with E-state index in [9.17, 15) is 27.9 Å². The predicted molar refractivity (Wildman–Crippen MR) is 89.9 cm³/mol. The van der Waals surface area contributed by atoms with Crippen molar-refractivity contribution in [3.05, 3.63) is 0 Å². The number of likely N-dealkylation sites (tertiary alicyclic amines) is 2. The zero-order valence-corrected chi connectivity index (χ0v) is 15.2. The highest BCUT2D eigenvalue weighted by Crippen LogP contribution is 2.51. The normalized spacial score (nSPS) is 28.1. The van der Waals surface area contributed by atoms with Gasteiger partial charge in [0.25, 0.3) is 0 Å². The number of aliphatic hydroxyl groups is 1. The van der Waals surface area contributed by atoms with Gasteiger partial charge in [-0.05, 0) is 37.5 Å². The van der Waals surface area contributed by atoms with Crippen molar-refractivity contribution < 1.29 is 33.0 Å². The number of alkyl halides is 3. The van der Waals surface area contributed by atoms with Gasteiger partial charge in [0.15, 0.2) is 0 Å². The maximum absolute atomic E-state index is 13.9. The molecular weight excluding hydrogens is 365 g/mol. The van der Waals surface area contributed by atoms with Crippen LogP contribution in [0, 0.1) is 17.3 Å². The minimum Gasteiger partial charge on any atom is -0.465 e. The molecule has 1 saturated carbocycles. The second kappa shape index (κ2) is 7.85. The van der Waals surface area contributed by atoms with E-state index in [4.69, 9.17) is 5.11 Å². The first-order chi connectivity index (χ1) is 12.8. The largest absolute Gasteiger partial charge is 0.465 e. The van der Waals surface area contributed by atoms with E-state index in [2.05, 4.69) is 0 Å². The molecule has 3 unspecified atom stereocenters. The Morgan fingerprint density at radius 1 is 1.00 bits per heavy atom. The minimum atomic E-state index is -3.11. The zero-order valence-electron chi connectivity index (χ0n) is 15.2. The summed E-state index contributed by atoms with van der Waals surface area (Å²) in [6.45, 7) is 0.578. The number of amides is 2. The second-order valence-electron chi connectivity index (χ2n) is 8.12. The Morgan fingerprint density at radius 2 is 1.56 bits per heavy atom. The van der Waals surface area contributed by atoms with Crippen molar-refractivity contribution >= 4 is 12.0 Å². The summed E-state index contributed by atoms with van der Waals surface area (Å²) < 4.78 is 41.3. The Morgan fingerprint density at radius 3 is 2.04 bits per heavy atom. The number of hydrogen-bond acceptors (Lipinski definition) is 3. The van der Waals surface area contributed by atoms with Crippen LogP contribution in [0.15, 0.2) is 0 Å². The first-order valence-corrected chi connectivity index (χ1v) is 9.65. The van der Waals surface area contributed by atoms with Gasteiger partial charge in [-0.15, -0.1) is 0 Å². The smallest absolute Gasteiger partial charge is 0.407 e. The molecule has 3 rings (SSSR count). The van der Waals surface area contributed by atoms with Gasteiger partial charge in [-0.1, -0.05) is 12.8 Å². The lowest BCUT2D eigenvalue weighted by Crippen LogP contribution is -2.56. The second-order valence-corrected chi connectivity index (χ2v) is 8.12. The van der Waals surface area contributed by atoms with Crippen LogP contribution in [0.3, 0.4) is 0 Å². The van der Waals surface area contributed by atoms with Gasteiger partial charge in [-0.25, -0.2) is 18.0 Å². The van der Waals surface area contributed by atoms with Crippen LogP contribution in [-0.2, 0) is 4.79 Å². The fourth-order valence-corrected chi connectivity index (χ4v) is 5.33. The van der Waals surface area contributed by atoms with Gasteiger partial charge in [-0.2, -0.15) is 0 Å². The lowest BCUT2D eigenvalue weighted by Gasteiger charge is -2.46. The highest BCUT2D eigenvalue weighted by Gasteiger charge is 2.57. The van der Waals surface area contributed by atoms with Crippen molar-refractivity contribution in [2.45, 2.75) is 63.8 Å². The van der Waals surface area contributed by atoms with Crippen LogP contribution in [0.1, 0.15) is 44.9 Å². The quantitative estimate of drug-likeness (QED) is 0.771. The summed E-state index contributed by atoms with van der Waals surface area (Å²) in [4.78, 5) is 26.8. The van der Waals surface area contributed by atoms with Crippen LogP contribution in [-0.4, -0.2) is 70.5 Å². The molecule has 2 saturated heterocycles. The Balaban J connectivity index is 1.89. The average Bonchev–Trinajstić information content (AvgIpc) is 3.24. The van der Waals surface area contributed by atoms with Crippen molar-refractivity contribution in [1.29, 1.82) is 0 Å². The van der Waals surface area contributed by atoms with E-state index in [1.54, 1.807) is 0 Å². The summed E-state index contributed by atoms with van der Waals surface area (Å²) in [6, 6.07) is -1.11. The first-order valence-electron chi connectivity index (χ1n) is 9.65. The lowest BCUT2D eigenvalue weighted by atomic mass is 9.68. The molecule has 3 fully saturated rings. The standard InChI is InChI=1S/C18H27F3N2O4/c19-14(20)12(15(21)24)13-18(5-8-22(9-6-18)17(26)27)7-10-23(13)16(25)11-3-1-2-4-11/h11-15,24H,1-10H2,(H,26,27). The maximum atomic E-state index is 13.9. The Labute approximate surface area is 156 Å². The van der Waals surface area contributed by atoms with E-state index in [-0.39, 0.29) is 44.3 Å². The fraction of sp³-hybridized carbons (Fsp3) is 0.889. The summed E-state index contributed by atoms with van der Waals surface area (Å²) in [5, 5.41) is 18.6. The van der Waals surface area contributed by atoms with Crippen molar-refractivity contribution in [3.8, 4) is 0 Å². The molecule has 6 nitrogen and oxygen atoms in total. The SMILES string of the molecule is O=C(O)N1CCC2(CC1)CCN(C(=O)C1CCCC1)C2C(C(O)F)C(F)F. The molecule has 9 heteroatoms. The Hall–Kier alpha value is -1.51. The molecule has 3 atom stereocenters. The maximum Gasteiger partial charge on any atom is 0.407 e. The molecule has 2 aliphatic heterocycles. The van der Waals surface area contributed by atoms with Crippen LogP contribution >= 0.6 is 0 Å².